The van der Waals surface area contributed by atoms with E-state index in [4.69, 9.17) is 10.3 Å². The molecule has 0 N–H and O–H groups in total. The van der Waals surface area contributed by atoms with Crippen LogP contribution in [0.3, 0.4) is 0 Å². The Labute approximate surface area is 77.9 Å². The highest BCUT2D eigenvalue weighted by Crippen LogP contribution is 2.46. The molecule has 72 valence electrons. The van der Waals surface area contributed by atoms with Gasteiger partial charge in [0.2, 0.25) is 0 Å². The molecule has 0 bridgehead atoms. The third kappa shape index (κ3) is 1.79. The molecule has 1 saturated carbocycles. The summed E-state index contributed by atoms with van der Waals surface area (Å²) in [6.07, 6.45) is 6.59. The van der Waals surface area contributed by atoms with Crippen molar-refractivity contribution in [2.24, 2.45) is 10.5 Å². The lowest BCUT2D eigenvalue weighted by Crippen LogP contribution is -2.16. The highest BCUT2D eigenvalue weighted by Gasteiger charge is 2.41. The third-order valence-electron chi connectivity index (χ3n) is 3.30. The van der Waals surface area contributed by atoms with Crippen LogP contribution in [0.15, 0.2) is 5.11 Å². The summed E-state index contributed by atoms with van der Waals surface area (Å²) in [7, 11) is 0. The van der Waals surface area contributed by atoms with Crippen molar-refractivity contribution in [2.45, 2.75) is 38.2 Å². The maximum absolute atomic E-state index is 8.19. The predicted octanol–water partition coefficient (Wildman–Crippen LogP) is 2.65. The summed E-state index contributed by atoms with van der Waals surface area (Å²) in [5.74, 6) is 0. The first kappa shape index (κ1) is 8.85. The lowest BCUT2D eigenvalue weighted by Gasteiger charge is -2.19. The topological polar surface area (TPSA) is 58.0 Å². The van der Waals surface area contributed by atoms with Crippen LogP contribution in [0.5, 0.6) is 0 Å². The molecule has 1 saturated heterocycles. The number of hydrogen-bond acceptors (Lipinski definition) is 2. The Bertz CT molecular complexity index is 229. The smallest absolute Gasteiger partial charge is 0.0637 e. The van der Waals surface area contributed by atoms with Crippen LogP contribution in [0, 0.1) is 5.41 Å². The van der Waals surface area contributed by atoms with E-state index in [2.05, 4.69) is 10.0 Å². The minimum absolute atomic E-state index is 0.189. The molecule has 13 heavy (non-hydrogen) atoms. The Morgan fingerprint density at radius 3 is 2.92 bits per heavy atom. The van der Waals surface area contributed by atoms with Crippen LogP contribution >= 0.6 is 0 Å². The number of nitrogens with zero attached hydrogens (tertiary/aromatic N) is 3. The summed E-state index contributed by atoms with van der Waals surface area (Å²) < 4.78 is 5.63. The lowest BCUT2D eigenvalue weighted by atomic mass is 9.84. The van der Waals surface area contributed by atoms with Crippen molar-refractivity contribution in [3.8, 4) is 0 Å². The average Bonchev–Trinajstić information content (AvgIpc) is 2.74. The summed E-state index contributed by atoms with van der Waals surface area (Å²) in [5, 5.41) is 3.56. The summed E-state index contributed by atoms with van der Waals surface area (Å²) in [4.78, 5) is 2.76. The minimum Gasteiger partial charge on any atom is -0.377 e. The van der Waals surface area contributed by atoms with E-state index < -0.39 is 0 Å². The zero-order valence-electron chi connectivity index (χ0n) is 7.78. The van der Waals surface area contributed by atoms with Crippen LogP contribution in [0.1, 0.15) is 32.1 Å². The molecule has 1 aliphatic carbocycles. The van der Waals surface area contributed by atoms with Crippen molar-refractivity contribution in [3.63, 3.8) is 0 Å². The average molecular weight is 181 g/mol. The first-order chi connectivity index (χ1) is 6.35. The van der Waals surface area contributed by atoms with Gasteiger partial charge in [0, 0.05) is 4.91 Å². The summed E-state index contributed by atoms with van der Waals surface area (Å²) >= 11 is 0. The van der Waals surface area contributed by atoms with Gasteiger partial charge in [-0.15, -0.1) is 0 Å². The zero-order valence-corrected chi connectivity index (χ0v) is 7.78. The molecule has 0 amide bonds. The van der Waals surface area contributed by atoms with E-state index in [-0.39, 0.29) is 6.10 Å². The number of ether oxygens (including phenoxy) is 1. The summed E-state index contributed by atoms with van der Waals surface area (Å²) in [5.41, 5.74) is 8.64. The van der Waals surface area contributed by atoms with E-state index in [9.17, 15) is 0 Å². The number of rotatable bonds is 2. The molecule has 0 radical (unpaired) electrons. The van der Waals surface area contributed by atoms with Crippen molar-refractivity contribution < 1.29 is 4.74 Å². The minimum atomic E-state index is 0.189. The molecule has 1 atom stereocenters. The van der Waals surface area contributed by atoms with Gasteiger partial charge in [0.15, 0.2) is 0 Å². The van der Waals surface area contributed by atoms with Gasteiger partial charge in [-0.2, -0.15) is 0 Å². The number of hydrogen-bond donors (Lipinski definition) is 0. The maximum Gasteiger partial charge on any atom is 0.0637 e. The monoisotopic (exact) mass is 181 g/mol. The molecular weight excluding hydrogens is 166 g/mol. The van der Waals surface area contributed by atoms with Crippen molar-refractivity contribution in [3.05, 3.63) is 10.4 Å². The van der Waals surface area contributed by atoms with E-state index in [0.717, 1.165) is 13.0 Å². The second kappa shape index (κ2) is 3.56. The molecule has 0 aromatic heterocycles. The fourth-order valence-electron chi connectivity index (χ4n) is 2.61. The van der Waals surface area contributed by atoms with Gasteiger partial charge in [0.25, 0.3) is 0 Å². The summed E-state index contributed by atoms with van der Waals surface area (Å²) in [6, 6.07) is 0. The van der Waals surface area contributed by atoms with Crippen molar-refractivity contribution in [2.75, 3.05) is 13.2 Å². The van der Waals surface area contributed by atoms with Gasteiger partial charge in [0.05, 0.1) is 19.3 Å². The fourth-order valence-corrected chi connectivity index (χ4v) is 2.61. The molecule has 1 spiro atoms. The molecule has 4 nitrogen and oxygen atoms in total. The second-order valence-electron chi connectivity index (χ2n) is 4.26. The van der Waals surface area contributed by atoms with Crippen molar-refractivity contribution in [1.82, 2.24) is 0 Å². The molecule has 0 aromatic carbocycles. The van der Waals surface area contributed by atoms with Crippen molar-refractivity contribution >= 4 is 0 Å². The van der Waals surface area contributed by atoms with E-state index in [0.29, 0.717) is 12.0 Å². The predicted molar refractivity (Wildman–Crippen MR) is 49.3 cm³/mol. The SMILES string of the molecule is [N-]=[N+]=NC[C@H]1CC2(CCCC2)CO1. The Morgan fingerprint density at radius 2 is 2.23 bits per heavy atom. The van der Waals surface area contributed by atoms with Crippen LogP contribution in [-0.2, 0) is 4.74 Å². The molecule has 2 fully saturated rings. The Kier molecular flexibility index (Phi) is 2.42. The van der Waals surface area contributed by atoms with Gasteiger partial charge >= 0.3 is 0 Å². The quantitative estimate of drug-likeness (QED) is 0.367. The first-order valence-corrected chi connectivity index (χ1v) is 4.97. The highest BCUT2D eigenvalue weighted by atomic mass is 16.5. The van der Waals surface area contributed by atoms with Crippen molar-refractivity contribution in [1.29, 1.82) is 0 Å². The molecule has 1 aliphatic heterocycles. The standard InChI is InChI=1S/C9H15N3O/c10-12-11-6-8-5-9(7-13-8)3-1-2-4-9/h8H,1-7H2/t8-/m1/s1. The van der Waals surface area contributed by atoms with Crippen LogP contribution in [-0.4, -0.2) is 19.3 Å². The zero-order chi connectivity index (χ0) is 9.15. The fraction of sp³-hybridized carbons (Fsp3) is 1.00. The van der Waals surface area contributed by atoms with E-state index >= 15 is 0 Å². The third-order valence-corrected chi connectivity index (χ3v) is 3.30. The van der Waals surface area contributed by atoms with Gasteiger partial charge in [-0.25, -0.2) is 0 Å². The van der Waals surface area contributed by atoms with Crippen LogP contribution < -0.4 is 0 Å². The van der Waals surface area contributed by atoms with Crippen LogP contribution in [0.4, 0.5) is 0 Å². The second-order valence-corrected chi connectivity index (χ2v) is 4.26. The Balaban J connectivity index is 1.89. The molecular formula is C9H15N3O. The lowest BCUT2D eigenvalue weighted by molar-refractivity contribution is 0.100. The van der Waals surface area contributed by atoms with Gasteiger partial charge in [-0.05, 0) is 30.2 Å². The van der Waals surface area contributed by atoms with Gasteiger partial charge in [-0.3, -0.25) is 0 Å². The molecule has 4 heteroatoms. The Hall–Kier alpha value is -0.730. The van der Waals surface area contributed by atoms with Crippen LogP contribution in [0.25, 0.3) is 10.4 Å². The molecule has 2 rings (SSSR count). The van der Waals surface area contributed by atoms with E-state index in [1.54, 1.807) is 0 Å². The summed E-state index contributed by atoms with van der Waals surface area (Å²) in [6.45, 7) is 1.40. The molecule has 0 unspecified atom stereocenters. The van der Waals surface area contributed by atoms with Gasteiger partial charge in [-0.1, -0.05) is 18.0 Å². The maximum atomic E-state index is 8.19. The molecule has 2 aliphatic rings. The highest BCUT2D eigenvalue weighted by molar-refractivity contribution is 4.92. The largest absolute Gasteiger partial charge is 0.377 e. The normalized spacial score (nSPS) is 30.6. The first-order valence-electron chi connectivity index (χ1n) is 4.97. The van der Waals surface area contributed by atoms with E-state index in [1.807, 2.05) is 0 Å². The number of azide groups is 1. The Morgan fingerprint density at radius 1 is 1.46 bits per heavy atom. The van der Waals surface area contributed by atoms with Gasteiger partial charge in [0.1, 0.15) is 0 Å². The van der Waals surface area contributed by atoms with E-state index in [1.165, 1.54) is 25.7 Å². The van der Waals surface area contributed by atoms with Gasteiger partial charge < -0.3 is 4.74 Å². The molecule has 1 heterocycles. The van der Waals surface area contributed by atoms with Crippen LogP contribution in [0.2, 0.25) is 0 Å². The molecule has 0 aromatic rings.